The van der Waals surface area contributed by atoms with Gasteiger partial charge in [-0.15, -0.1) is 0 Å². The Morgan fingerprint density at radius 3 is 2.11 bits per heavy atom. The van der Waals surface area contributed by atoms with E-state index in [4.69, 9.17) is 4.74 Å². The predicted octanol–water partition coefficient (Wildman–Crippen LogP) is 6.39. The van der Waals surface area contributed by atoms with Crippen molar-refractivity contribution in [2.75, 3.05) is 18.5 Å². The van der Waals surface area contributed by atoms with Gasteiger partial charge in [0.15, 0.2) is 0 Å². The molecule has 0 spiro atoms. The molecule has 0 fully saturated rings. The van der Waals surface area contributed by atoms with E-state index in [1.54, 1.807) is 19.1 Å². The third kappa shape index (κ3) is 8.55. The summed E-state index contributed by atoms with van der Waals surface area (Å²) in [4.78, 5) is 37.4. The molecular formula is C31H35BrN2O4. The Morgan fingerprint density at radius 1 is 0.895 bits per heavy atom. The van der Waals surface area contributed by atoms with Gasteiger partial charge >= 0.3 is 5.97 Å². The number of ether oxygens (including phenoxy) is 1. The van der Waals surface area contributed by atoms with E-state index < -0.39 is 5.92 Å². The van der Waals surface area contributed by atoms with Gasteiger partial charge in [-0.3, -0.25) is 14.4 Å². The highest BCUT2D eigenvalue weighted by Gasteiger charge is 2.23. The first-order chi connectivity index (χ1) is 18.1. The van der Waals surface area contributed by atoms with Crippen molar-refractivity contribution in [3.8, 4) is 0 Å². The van der Waals surface area contributed by atoms with Crippen molar-refractivity contribution >= 4 is 39.4 Å². The van der Waals surface area contributed by atoms with E-state index in [1.165, 1.54) is 5.56 Å². The fourth-order valence-electron chi connectivity index (χ4n) is 3.98. The average Bonchev–Trinajstić information content (AvgIpc) is 2.88. The Labute approximate surface area is 233 Å². The maximum Gasteiger partial charge on any atom is 0.307 e. The lowest BCUT2D eigenvalue weighted by Gasteiger charge is -2.22. The fraction of sp³-hybridized carbons (Fsp3) is 0.323. The molecule has 0 saturated carbocycles. The third-order valence-corrected chi connectivity index (χ3v) is 6.71. The highest BCUT2D eigenvalue weighted by Crippen LogP contribution is 2.28. The second-order valence-corrected chi connectivity index (χ2v) is 11.0. The summed E-state index contributed by atoms with van der Waals surface area (Å²) in [5.41, 5.74) is 4.29. The molecule has 0 aliphatic carbocycles. The topological polar surface area (TPSA) is 84.5 Å². The van der Waals surface area contributed by atoms with Crippen LogP contribution >= 0.6 is 15.9 Å². The van der Waals surface area contributed by atoms with Crippen LogP contribution in [0.1, 0.15) is 67.1 Å². The second kappa shape index (κ2) is 13.4. The first kappa shape index (κ1) is 29.1. The molecule has 0 saturated heterocycles. The number of anilines is 1. The van der Waals surface area contributed by atoms with Crippen LogP contribution in [0.3, 0.4) is 0 Å². The lowest BCUT2D eigenvalue weighted by atomic mass is 9.84. The van der Waals surface area contributed by atoms with Crippen LogP contribution in [-0.4, -0.2) is 30.9 Å². The molecule has 38 heavy (non-hydrogen) atoms. The van der Waals surface area contributed by atoms with Gasteiger partial charge in [0.2, 0.25) is 5.91 Å². The van der Waals surface area contributed by atoms with Crippen molar-refractivity contribution in [2.24, 2.45) is 0 Å². The molecule has 7 heteroatoms. The summed E-state index contributed by atoms with van der Waals surface area (Å²) in [6, 6.07) is 22.9. The minimum absolute atomic E-state index is 0.0143. The molecule has 3 aromatic rings. The molecule has 0 aliphatic heterocycles. The normalized spacial score (nSPS) is 11.9. The summed E-state index contributed by atoms with van der Waals surface area (Å²) in [6.07, 6.45) is 0.600. The Kier molecular flexibility index (Phi) is 10.2. The highest BCUT2D eigenvalue weighted by molar-refractivity contribution is 9.10. The molecule has 0 aliphatic rings. The van der Waals surface area contributed by atoms with Crippen molar-refractivity contribution in [3.05, 3.63) is 99.5 Å². The van der Waals surface area contributed by atoms with Gasteiger partial charge in [-0.05, 0) is 71.8 Å². The van der Waals surface area contributed by atoms with Gasteiger partial charge < -0.3 is 15.4 Å². The smallest absolute Gasteiger partial charge is 0.307 e. The van der Waals surface area contributed by atoms with E-state index in [2.05, 4.69) is 59.5 Å². The van der Waals surface area contributed by atoms with Crippen LogP contribution in [0.2, 0.25) is 0 Å². The van der Waals surface area contributed by atoms with Crippen molar-refractivity contribution in [2.45, 2.75) is 51.9 Å². The van der Waals surface area contributed by atoms with Crippen LogP contribution in [0.5, 0.6) is 0 Å². The molecule has 6 nitrogen and oxygen atoms in total. The Hall–Kier alpha value is -3.45. The van der Waals surface area contributed by atoms with E-state index in [9.17, 15) is 14.4 Å². The SMILES string of the molecule is CCOC(=O)CCNC(=O)c1ccc(CC(C(=O)Nc2ccc(Br)cc2)c2ccc(C(C)(C)C)cc2)cc1. The van der Waals surface area contributed by atoms with Gasteiger partial charge in [0.25, 0.3) is 5.91 Å². The number of esters is 1. The molecular weight excluding hydrogens is 544 g/mol. The largest absolute Gasteiger partial charge is 0.466 e. The van der Waals surface area contributed by atoms with Crippen LogP contribution in [0, 0.1) is 0 Å². The number of hydrogen-bond donors (Lipinski definition) is 2. The monoisotopic (exact) mass is 578 g/mol. The van der Waals surface area contributed by atoms with Crippen LogP contribution in [0.4, 0.5) is 5.69 Å². The third-order valence-electron chi connectivity index (χ3n) is 6.18. The zero-order valence-electron chi connectivity index (χ0n) is 22.3. The van der Waals surface area contributed by atoms with Gasteiger partial charge in [-0.25, -0.2) is 0 Å². The average molecular weight is 580 g/mol. The predicted molar refractivity (Wildman–Crippen MR) is 154 cm³/mol. The molecule has 0 heterocycles. The standard InChI is InChI=1S/C31H35BrN2O4/c1-5-38-28(35)18-19-33-29(36)23-8-6-21(7-9-23)20-27(22-10-12-24(13-11-22)31(2,3)4)30(37)34-26-16-14-25(32)15-17-26/h6-17,27H,5,18-20H2,1-4H3,(H,33,36)(H,34,37). The Morgan fingerprint density at radius 2 is 1.53 bits per heavy atom. The number of nitrogens with one attached hydrogen (secondary N) is 2. The van der Waals surface area contributed by atoms with Gasteiger partial charge in [-0.1, -0.05) is 73.1 Å². The first-order valence-electron chi connectivity index (χ1n) is 12.8. The molecule has 1 unspecified atom stereocenters. The van der Waals surface area contributed by atoms with Crippen LogP contribution < -0.4 is 10.6 Å². The highest BCUT2D eigenvalue weighted by atomic mass is 79.9. The van der Waals surface area contributed by atoms with Crippen molar-refractivity contribution in [3.63, 3.8) is 0 Å². The molecule has 3 aromatic carbocycles. The second-order valence-electron chi connectivity index (χ2n) is 10.1. The number of hydrogen-bond acceptors (Lipinski definition) is 4. The lowest BCUT2D eigenvalue weighted by molar-refractivity contribution is -0.142. The summed E-state index contributed by atoms with van der Waals surface area (Å²) >= 11 is 3.42. The van der Waals surface area contributed by atoms with E-state index >= 15 is 0 Å². The van der Waals surface area contributed by atoms with Gasteiger partial charge in [0, 0.05) is 22.3 Å². The van der Waals surface area contributed by atoms with Gasteiger partial charge in [-0.2, -0.15) is 0 Å². The van der Waals surface area contributed by atoms with E-state index in [0.29, 0.717) is 18.6 Å². The summed E-state index contributed by atoms with van der Waals surface area (Å²) in [6.45, 7) is 8.75. The molecule has 2 N–H and O–H groups in total. The summed E-state index contributed by atoms with van der Waals surface area (Å²) in [5.74, 6) is -1.12. The molecule has 2 amide bonds. The van der Waals surface area contributed by atoms with Gasteiger partial charge in [0.05, 0.1) is 18.9 Å². The number of halogens is 1. The minimum atomic E-state index is -0.420. The maximum atomic E-state index is 13.5. The Balaban J connectivity index is 1.75. The summed E-state index contributed by atoms with van der Waals surface area (Å²) in [7, 11) is 0. The van der Waals surface area contributed by atoms with Crippen molar-refractivity contribution in [1.82, 2.24) is 5.32 Å². The molecule has 0 bridgehead atoms. The number of carbonyl (C=O) groups excluding carboxylic acids is 3. The van der Waals surface area contributed by atoms with Crippen molar-refractivity contribution in [1.29, 1.82) is 0 Å². The van der Waals surface area contributed by atoms with Crippen LogP contribution in [0.25, 0.3) is 0 Å². The van der Waals surface area contributed by atoms with E-state index in [1.807, 2.05) is 48.5 Å². The lowest BCUT2D eigenvalue weighted by Crippen LogP contribution is -2.26. The molecule has 0 aromatic heterocycles. The molecule has 3 rings (SSSR count). The molecule has 0 radical (unpaired) electrons. The number of amides is 2. The quantitative estimate of drug-likeness (QED) is 0.273. The maximum absolute atomic E-state index is 13.5. The van der Waals surface area contributed by atoms with Gasteiger partial charge in [0.1, 0.15) is 0 Å². The number of rotatable bonds is 10. The molecule has 1 atom stereocenters. The van der Waals surface area contributed by atoms with Crippen LogP contribution in [-0.2, 0) is 26.2 Å². The number of carbonyl (C=O) groups is 3. The minimum Gasteiger partial charge on any atom is -0.466 e. The van der Waals surface area contributed by atoms with Crippen LogP contribution in [0.15, 0.2) is 77.3 Å². The zero-order valence-corrected chi connectivity index (χ0v) is 23.9. The summed E-state index contributed by atoms with van der Waals surface area (Å²) < 4.78 is 5.82. The first-order valence-corrected chi connectivity index (χ1v) is 13.6. The number of benzene rings is 3. The van der Waals surface area contributed by atoms with E-state index in [-0.39, 0.29) is 36.2 Å². The fourth-order valence-corrected chi connectivity index (χ4v) is 4.25. The Bertz CT molecular complexity index is 1230. The molecule has 200 valence electrons. The van der Waals surface area contributed by atoms with Crippen molar-refractivity contribution < 1.29 is 19.1 Å². The van der Waals surface area contributed by atoms with E-state index in [0.717, 1.165) is 21.3 Å². The summed E-state index contributed by atoms with van der Waals surface area (Å²) in [5, 5.41) is 5.78. The zero-order chi connectivity index (χ0) is 27.7.